The molecule has 4 saturated carbocycles. The van der Waals surface area contributed by atoms with Crippen molar-refractivity contribution >= 4 is 0 Å². The molecule has 0 aliphatic heterocycles. The van der Waals surface area contributed by atoms with Crippen molar-refractivity contribution in [2.75, 3.05) is 6.61 Å². The fourth-order valence-corrected chi connectivity index (χ4v) is 9.46. The average Bonchev–Trinajstić information content (AvgIpc) is 3.08. The molecule has 0 radical (unpaired) electrons. The number of ether oxygens (including phenoxy) is 1. The molecule has 0 unspecified atom stereocenters. The highest BCUT2D eigenvalue weighted by Gasteiger charge is 2.60. The zero-order chi connectivity index (χ0) is 24.2. The highest BCUT2D eigenvalue weighted by Crippen LogP contribution is 2.68. The van der Waals surface area contributed by atoms with Gasteiger partial charge in [-0.1, -0.05) is 34.1 Å². The summed E-state index contributed by atoms with van der Waals surface area (Å²) in [7, 11) is 0. The van der Waals surface area contributed by atoms with Gasteiger partial charge in [-0.3, -0.25) is 0 Å². The van der Waals surface area contributed by atoms with Crippen LogP contribution in [-0.2, 0) is 4.74 Å². The van der Waals surface area contributed by atoms with Gasteiger partial charge < -0.3 is 4.74 Å². The lowest BCUT2D eigenvalue weighted by atomic mass is 9.44. The molecule has 0 aromatic carbocycles. The molecule has 4 fully saturated rings. The van der Waals surface area contributed by atoms with Gasteiger partial charge in [0.2, 0.25) is 0 Å². The Bertz CT molecular complexity index is 687. The van der Waals surface area contributed by atoms with Crippen molar-refractivity contribution in [2.24, 2.45) is 52.3 Å². The number of halogens is 3. The lowest BCUT2D eigenvalue weighted by molar-refractivity contribution is -0.263. The molecule has 4 aliphatic rings. The van der Waals surface area contributed by atoms with E-state index in [9.17, 15) is 13.2 Å². The van der Waals surface area contributed by atoms with Gasteiger partial charge in [0.05, 0.1) is 0 Å². The Morgan fingerprint density at radius 2 is 1.58 bits per heavy atom. The second kappa shape index (κ2) is 9.00. The van der Waals surface area contributed by atoms with Gasteiger partial charge in [-0.05, 0) is 130 Å². The summed E-state index contributed by atoms with van der Waals surface area (Å²) in [5.41, 5.74) is -1.05. The third kappa shape index (κ3) is 4.53. The first-order valence-electron chi connectivity index (χ1n) is 14.0. The topological polar surface area (TPSA) is 9.23 Å². The molecular weight excluding hydrogens is 421 g/mol. The van der Waals surface area contributed by atoms with Crippen LogP contribution in [0.3, 0.4) is 0 Å². The number of alkyl halides is 3. The Kier molecular flexibility index (Phi) is 7.05. The van der Waals surface area contributed by atoms with Gasteiger partial charge in [-0.25, -0.2) is 0 Å². The molecule has 4 rings (SSSR count). The quantitative estimate of drug-likeness (QED) is 0.352. The third-order valence-electron chi connectivity index (χ3n) is 11.6. The number of fused-ring (bicyclic) bond motifs is 5. The normalized spacial score (nSPS) is 44.6. The Labute approximate surface area is 201 Å². The van der Waals surface area contributed by atoms with Crippen LogP contribution >= 0.6 is 0 Å². The average molecular weight is 471 g/mol. The van der Waals surface area contributed by atoms with E-state index >= 15 is 0 Å². The standard InChI is InChI=1S/C29H49F3O/c1-19-13-15-27(5)21(18-19)9-10-22-24-12-11-23(28(24,6)16-14-25(22)27)20(2)8-7-17-33-26(3,4)29(30,31)32/h19-25H,7-18H2,1-6H3/t19-,20-,21-,22+,23-,24+,25+,27+,28-/m1/s1. The number of hydrogen-bond donors (Lipinski definition) is 0. The van der Waals surface area contributed by atoms with Crippen LogP contribution in [0.4, 0.5) is 13.2 Å². The van der Waals surface area contributed by atoms with E-state index in [-0.39, 0.29) is 6.61 Å². The molecule has 1 nitrogen and oxygen atoms in total. The largest absolute Gasteiger partial charge is 0.416 e. The van der Waals surface area contributed by atoms with E-state index in [4.69, 9.17) is 4.74 Å². The zero-order valence-electron chi connectivity index (χ0n) is 22.1. The van der Waals surface area contributed by atoms with Crippen molar-refractivity contribution in [3.63, 3.8) is 0 Å². The second-order valence-electron chi connectivity index (χ2n) is 13.7. The van der Waals surface area contributed by atoms with E-state index in [1.165, 1.54) is 57.8 Å². The third-order valence-corrected chi connectivity index (χ3v) is 11.6. The molecule has 9 atom stereocenters. The van der Waals surface area contributed by atoms with Gasteiger partial charge in [0.15, 0.2) is 5.60 Å². The number of hydrogen-bond acceptors (Lipinski definition) is 1. The maximum atomic E-state index is 13.1. The molecule has 0 saturated heterocycles. The van der Waals surface area contributed by atoms with E-state index in [0.717, 1.165) is 62.2 Å². The first-order chi connectivity index (χ1) is 15.3. The van der Waals surface area contributed by atoms with E-state index in [2.05, 4.69) is 27.7 Å². The molecule has 0 aromatic rings. The lowest BCUT2D eigenvalue weighted by Crippen LogP contribution is -2.53. The summed E-state index contributed by atoms with van der Waals surface area (Å²) in [6.07, 6.45) is 10.1. The minimum Gasteiger partial charge on any atom is -0.366 e. The molecule has 0 aromatic heterocycles. The Balaban J connectivity index is 1.36. The summed E-state index contributed by atoms with van der Waals surface area (Å²) < 4.78 is 44.4. The monoisotopic (exact) mass is 470 g/mol. The van der Waals surface area contributed by atoms with Crippen LogP contribution in [0.1, 0.15) is 112 Å². The minimum atomic E-state index is -4.31. The van der Waals surface area contributed by atoms with Gasteiger partial charge in [0, 0.05) is 6.61 Å². The van der Waals surface area contributed by atoms with Crippen molar-refractivity contribution in [2.45, 2.75) is 124 Å². The fraction of sp³-hybridized carbons (Fsp3) is 1.00. The van der Waals surface area contributed by atoms with Crippen molar-refractivity contribution in [3.8, 4) is 0 Å². The molecule has 33 heavy (non-hydrogen) atoms. The van der Waals surface area contributed by atoms with Crippen LogP contribution in [0.5, 0.6) is 0 Å². The van der Waals surface area contributed by atoms with Crippen LogP contribution in [0.2, 0.25) is 0 Å². The van der Waals surface area contributed by atoms with Crippen LogP contribution < -0.4 is 0 Å². The van der Waals surface area contributed by atoms with E-state index in [1.54, 1.807) is 0 Å². The second-order valence-corrected chi connectivity index (χ2v) is 13.7. The maximum absolute atomic E-state index is 13.1. The summed E-state index contributed by atoms with van der Waals surface area (Å²) in [6, 6.07) is 0. The highest BCUT2D eigenvalue weighted by atomic mass is 19.4. The predicted octanol–water partition coefficient (Wildman–Crippen LogP) is 9.06. The van der Waals surface area contributed by atoms with Crippen LogP contribution in [-0.4, -0.2) is 18.4 Å². The molecular formula is C29H49F3O. The summed E-state index contributed by atoms with van der Waals surface area (Å²) in [5.74, 6) is 5.84. The Hall–Kier alpha value is -0.250. The first kappa shape index (κ1) is 25.8. The van der Waals surface area contributed by atoms with E-state index < -0.39 is 11.8 Å². The molecule has 0 spiro atoms. The maximum Gasteiger partial charge on any atom is 0.416 e. The van der Waals surface area contributed by atoms with E-state index in [1.807, 2.05) is 0 Å². The van der Waals surface area contributed by atoms with Gasteiger partial charge in [-0.15, -0.1) is 0 Å². The summed E-state index contributed by atoms with van der Waals surface area (Å²) in [6.45, 7) is 12.5. The van der Waals surface area contributed by atoms with Gasteiger partial charge in [0.1, 0.15) is 0 Å². The number of rotatable bonds is 6. The van der Waals surface area contributed by atoms with Gasteiger partial charge >= 0.3 is 6.18 Å². The van der Waals surface area contributed by atoms with Gasteiger partial charge in [0.25, 0.3) is 0 Å². The van der Waals surface area contributed by atoms with Crippen LogP contribution in [0, 0.1) is 52.3 Å². The highest BCUT2D eigenvalue weighted by molar-refractivity contribution is 5.09. The summed E-state index contributed by atoms with van der Waals surface area (Å²) >= 11 is 0. The molecule has 0 heterocycles. The van der Waals surface area contributed by atoms with Crippen molar-refractivity contribution in [1.29, 1.82) is 0 Å². The lowest BCUT2D eigenvalue weighted by Gasteiger charge is -2.61. The fourth-order valence-electron chi connectivity index (χ4n) is 9.46. The van der Waals surface area contributed by atoms with Crippen molar-refractivity contribution in [1.82, 2.24) is 0 Å². The molecule has 0 bridgehead atoms. The Morgan fingerprint density at radius 1 is 0.909 bits per heavy atom. The summed E-state index contributed by atoms with van der Waals surface area (Å²) in [5, 5.41) is 0. The minimum absolute atomic E-state index is 0.201. The molecule has 4 aliphatic carbocycles. The van der Waals surface area contributed by atoms with Gasteiger partial charge in [-0.2, -0.15) is 13.2 Å². The van der Waals surface area contributed by atoms with Crippen LogP contribution in [0.25, 0.3) is 0 Å². The van der Waals surface area contributed by atoms with Crippen molar-refractivity contribution < 1.29 is 17.9 Å². The Morgan fingerprint density at radius 3 is 2.27 bits per heavy atom. The molecule has 0 amide bonds. The SMILES string of the molecule is C[C@@H]1CC[C@@]2(C)[C@H](CC[C@@H]3[C@@H]2CC[C@]2(C)[C@@H]([C@H](C)CCCOC(C)(C)C(F)(F)F)CC[C@@H]32)C1. The molecule has 0 N–H and O–H groups in total. The summed E-state index contributed by atoms with van der Waals surface area (Å²) in [4.78, 5) is 0. The van der Waals surface area contributed by atoms with Crippen molar-refractivity contribution in [3.05, 3.63) is 0 Å². The molecule has 192 valence electrons. The zero-order valence-corrected chi connectivity index (χ0v) is 22.1. The first-order valence-corrected chi connectivity index (χ1v) is 14.0. The van der Waals surface area contributed by atoms with E-state index in [0.29, 0.717) is 16.7 Å². The smallest absolute Gasteiger partial charge is 0.366 e. The van der Waals surface area contributed by atoms with Crippen LogP contribution in [0.15, 0.2) is 0 Å². The predicted molar refractivity (Wildman–Crippen MR) is 129 cm³/mol. The molecule has 4 heteroatoms.